The summed E-state index contributed by atoms with van der Waals surface area (Å²) in [5.74, 6) is 0.233. The zero-order chi connectivity index (χ0) is 21.5. The summed E-state index contributed by atoms with van der Waals surface area (Å²) in [5, 5.41) is 2.19. The highest BCUT2D eigenvalue weighted by atomic mass is 79.9. The number of hydrogen-bond donors (Lipinski definition) is 1. The van der Waals surface area contributed by atoms with Crippen molar-refractivity contribution >= 4 is 51.4 Å². The van der Waals surface area contributed by atoms with E-state index in [-0.39, 0.29) is 18.1 Å². The van der Waals surface area contributed by atoms with Crippen LogP contribution in [0.4, 0.5) is 16.4 Å². The third kappa shape index (κ3) is 3.55. The van der Waals surface area contributed by atoms with Gasteiger partial charge in [0.05, 0.1) is 23.4 Å². The van der Waals surface area contributed by atoms with Crippen LogP contribution in [0.3, 0.4) is 0 Å². The molecule has 4 amide bonds. The summed E-state index contributed by atoms with van der Waals surface area (Å²) in [7, 11) is 0. The molecule has 2 fully saturated rings. The number of fused-ring (bicyclic) bond motifs is 1. The van der Waals surface area contributed by atoms with Crippen LogP contribution < -0.4 is 24.6 Å². The predicted molar refractivity (Wildman–Crippen MR) is 111 cm³/mol. The van der Waals surface area contributed by atoms with Crippen molar-refractivity contribution in [3.8, 4) is 11.5 Å². The van der Waals surface area contributed by atoms with E-state index in [4.69, 9.17) is 18.6 Å². The molecular weight excluding hydrogens is 474 g/mol. The van der Waals surface area contributed by atoms with Gasteiger partial charge in [-0.15, -0.1) is 0 Å². The topological polar surface area (TPSA) is 111 Å². The maximum absolute atomic E-state index is 13.1. The number of imide groups is 2. The maximum Gasteiger partial charge on any atom is 0.335 e. The fraction of sp³-hybridized carbons (Fsp3) is 0.250. The van der Waals surface area contributed by atoms with Gasteiger partial charge in [-0.3, -0.25) is 14.9 Å². The van der Waals surface area contributed by atoms with Crippen molar-refractivity contribution in [2.45, 2.75) is 0 Å². The van der Waals surface area contributed by atoms with Crippen molar-refractivity contribution in [1.29, 1.82) is 0 Å². The lowest BCUT2D eigenvalue weighted by Crippen LogP contribution is -2.54. The number of carbonyl (C=O) groups excluding carboxylic acids is 3. The molecule has 0 bridgehead atoms. The highest BCUT2D eigenvalue weighted by Gasteiger charge is 2.38. The first-order chi connectivity index (χ1) is 15.0. The van der Waals surface area contributed by atoms with E-state index in [0.29, 0.717) is 53.9 Å². The van der Waals surface area contributed by atoms with E-state index in [2.05, 4.69) is 21.2 Å². The number of urea groups is 1. The smallest absolute Gasteiger partial charge is 0.335 e. The van der Waals surface area contributed by atoms with Crippen LogP contribution in [-0.4, -0.2) is 50.9 Å². The van der Waals surface area contributed by atoms with Gasteiger partial charge in [0.2, 0.25) is 12.7 Å². The molecule has 0 saturated carbocycles. The van der Waals surface area contributed by atoms with Gasteiger partial charge in [0.1, 0.15) is 11.3 Å². The largest absolute Gasteiger partial charge is 0.454 e. The molecular formula is C20H16BrN3O7. The molecule has 1 aromatic heterocycles. The summed E-state index contributed by atoms with van der Waals surface area (Å²) in [5.41, 5.74) is 0.0202. The fourth-order valence-electron chi connectivity index (χ4n) is 3.49. The summed E-state index contributed by atoms with van der Waals surface area (Å²) >= 11 is 3.45. The van der Waals surface area contributed by atoms with E-state index < -0.39 is 17.8 Å². The van der Waals surface area contributed by atoms with Crippen molar-refractivity contribution in [1.82, 2.24) is 5.32 Å². The Labute approximate surface area is 184 Å². The van der Waals surface area contributed by atoms with Crippen LogP contribution >= 0.6 is 15.9 Å². The Balaban J connectivity index is 1.46. The number of amides is 4. The van der Waals surface area contributed by atoms with E-state index in [0.717, 1.165) is 4.90 Å². The molecule has 2 saturated heterocycles. The molecule has 5 rings (SSSR count). The number of nitrogens with zero attached hydrogens (tertiary/aromatic N) is 2. The number of nitrogens with one attached hydrogen (secondary N) is 1. The van der Waals surface area contributed by atoms with Crippen molar-refractivity contribution in [2.75, 3.05) is 42.9 Å². The third-order valence-electron chi connectivity index (χ3n) is 4.99. The lowest BCUT2D eigenvalue weighted by Gasteiger charge is -2.27. The van der Waals surface area contributed by atoms with Gasteiger partial charge in [0.15, 0.2) is 11.5 Å². The zero-order valence-electron chi connectivity index (χ0n) is 16.1. The molecule has 3 aliphatic heterocycles. The number of ether oxygens (including phenoxy) is 3. The molecule has 4 heterocycles. The third-order valence-corrected chi connectivity index (χ3v) is 5.56. The molecule has 0 radical (unpaired) electrons. The summed E-state index contributed by atoms with van der Waals surface area (Å²) in [6.07, 6.45) is 1.32. The van der Waals surface area contributed by atoms with Crippen LogP contribution in [0.1, 0.15) is 5.76 Å². The molecule has 0 atom stereocenters. The molecule has 10 nitrogen and oxygen atoms in total. The summed E-state index contributed by atoms with van der Waals surface area (Å²) in [4.78, 5) is 40.7. The van der Waals surface area contributed by atoms with Gasteiger partial charge in [-0.25, -0.2) is 9.69 Å². The van der Waals surface area contributed by atoms with Crippen LogP contribution in [0.15, 0.2) is 38.7 Å². The first kappa shape index (κ1) is 19.6. The first-order valence-electron chi connectivity index (χ1n) is 9.44. The summed E-state index contributed by atoms with van der Waals surface area (Å²) in [6, 6.07) is 5.46. The van der Waals surface area contributed by atoms with Gasteiger partial charge in [0, 0.05) is 25.2 Å². The fourth-order valence-corrected chi connectivity index (χ4v) is 4.05. The number of barbiturate groups is 1. The molecule has 2 aromatic rings. The molecule has 160 valence electrons. The van der Waals surface area contributed by atoms with E-state index in [1.165, 1.54) is 12.1 Å². The number of anilines is 2. The molecule has 3 aliphatic rings. The minimum atomic E-state index is -0.847. The van der Waals surface area contributed by atoms with Crippen molar-refractivity contribution in [3.63, 3.8) is 0 Å². The highest BCUT2D eigenvalue weighted by Crippen LogP contribution is 2.37. The summed E-state index contributed by atoms with van der Waals surface area (Å²) in [6.45, 7) is 2.54. The van der Waals surface area contributed by atoms with Crippen LogP contribution in [0.2, 0.25) is 0 Å². The first-order valence-corrected chi connectivity index (χ1v) is 10.2. The van der Waals surface area contributed by atoms with Crippen molar-refractivity contribution in [3.05, 3.63) is 40.1 Å². The van der Waals surface area contributed by atoms with E-state index >= 15 is 0 Å². The lowest BCUT2D eigenvalue weighted by atomic mass is 10.1. The molecule has 31 heavy (non-hydrogen) atoms. The second kappa shape index (κ2) is 7.75. The van der Waals surface area contributed by atoms with E-state index in [9.17, 15) is 14.4 Å². The molecule has 0 spiro atoms. The molecule has 11 heteroatoms. The number of furan rings is 1. The number of hydrogen-bond acceptors (Lipinski definition) is 8. The van der Waals surface area contributed by atoms with Gasteiger partial charge in [0.25, 0.3) is 11.8 Å². The number of halogens is 1. The minimum Gasteiger partial charge on any atom is -0.454 e. The monoisotopic (exact) mass is 489 g/mol. The van der Waals surface area contributed by atoms with Gasteiger partial charge in [-0.05, 0) is 34.1 Å². The van der Waals surface area contributed by atoms with Gasteiger partial charge in [-0.2, -0.15) is 0 Å². The average Bonchev–Trinajstić information content (AvgIpc) is 3.37. The Morgan fingerprint density at radius 1 is 1.03 bits per heavy atom. The standard InChI is InChI=1S/C20H16BrN3O7/c21-14-9-12(31-19(14)23-3-5-28-6-4-23)8-13-17(25)22-20(27)24(18(13)26)11-1-2-15-16(7-11)30-10-29-15/h1-2,7-9H,3-6,10H2,(H,22,25,27)/b13-8-. The Bertz CT molecular complexity index is 1120. The lowest BCUT2D eigenvalue weighted by molar-refractivity contribution is -0.122. The van der Waals surface area contributed by atoms with Crippen LogP contribution in [-0.2, 0) is 14.3 Å². The second-order valence-corrected chi connectivity index (χ2v) is 7.75. The summed E-state index contributed by atoms with van der Waals surface area (Å²) < 4.78 is 22.5. The Morgan fingerprint density at radius 3 is 2.61 bits per heavy atom. The SMILES string of the molecule is O=C1NC(=O)N(c2ccc3c(c2)OCO3)C(=O)/C1=C\c1cc(Br)c(N2CCOCC2)o1. The maximum atomic E-state index is 13.1. The molecule has 1 N–H and O–H groups in total. The molecule has 0 unspecified atom stereocenters. The number of carbonyl (C=O) groups is 3. The minimum absolute atomic E-state index is 0.0570. The second-order valence-electron chi connectivity index (χ2n) is 6.90. The Kier molecular flexibility index (Phi) is 4.91. The number of rotatable bonds is 3. The molecule has 1 aromatic carbocycles. The zero-order valence-corrected chi connectivity index (χ0v) is 17.6. The highest BCUT2D eigenvalue weighted by molar-refractivity contribution is 9.10. The van der Waals surface area contributed by atoms with Crippen LogP contribution in [0.25, 0.3) is 6.08 Å². The van der Waals surface area contributed by atoms with E-state index in [1.54, 1.807) is 18.2 Å². The van der Waals surface area contributed by atoms with Crippen LogP contribution in [0.5, 0.6) is 11.5 Å². The average molecular weight is 490 g/mol. The van der Waals surface area contributed by atoms with Gasteiger partial charge >= 0.3 is 6.03 Å². The Morgan fingerprint density at radius 2 is 1.81 bits per heavy atom. The van der Waals surface area contributed by atoms with Crippen LogP contribution in [0, 0.1) is 0 Å². The normalized spacial score (nSPS) is 19.9. The predicted octanol–water partition coefficient (Wildman–Crippen LogP) is 2.27. The Hall–Kier alpha value is -3.31. The van der Waals surface area contributed by atoms with Crippen molar-refractivity contribution < 1.29 is 33.0 Å². The molecule has 0 aliphatic carbocycles. The quantitative estimate of drug-likeness (QED) is 0.516. The van der Waals surface area contributed by atoms with Crippen molar-refractivity contribution in [2.24, 2.45) is 0 Å². The van der Waals surface area contributed by atoms with Gasteiger partial charge < -0.3 is 23.5 Å². The van der Waals surface area contributed by atoms with E-state index in [1.807, 2.05) is 4.90 Å². The van der Waals surface area contributed by atoms with Gasteiger partial charge in [-0.1, -0.05) is 0 Å². The number of morpholine rings is 1. The number of benzene rings is 1.